The minimum Gasteiger partial charge on any atom is -0.253 e. The van der Waals surface area contributed by atoms with E-state index in [2.05, 4.69) is 20.5 Å². The van der Waals surface area contributed by atoms with Gasteiger partial charge in [0.15, 0.2) is 0 Å². The molecule has 0 aromatic carbocycles. The van der Waals surface area contributed by atoms with Gasteiger partial charge in [0.05, 0.1) is 0 Å². The second-order valence-electron chi connectivity index (χ2n) is 2.35. The van der Waals surface area contributed by atoms with Crippen molar-refractivity contribution in [1.29, 1.82) is 0 Å². The number of hydrogen-bond donors (Lipinski definition) is 1. The molecule has 0 fully saturated rings. The van der Waals surface area contributed by atoms with Gasteiger partial charge >= 0.3 is 0 Å². The standard InChI is InChI=1S/C8H8N4S/c1-2-10-12-8-11-6-4-3-5-9-7(6)13-8/h2-5H,1H3,(H,11,12). The summed E-state index contributed by atoms with van der Waals surface area (Å²) >= 11 is 1.49. The van der Waals surface area contributed by atoms with Crippen molar-refractivity contribution in [3.63, 3.8) is 0 Å². The molecule has 2 rings (SSSR count). The molecule has 13 heavy (non-hydrogen) atoms. The minimum atomic E-state index is 0.770. The van der Waals surface area contributed by atoms with Gasteiger partial charge in [0.25, 0.3) is 0 Å². The molecule has 0 unspecified atom stereocenters. The van der Waals surface area contributed by atoms with Crippen LogP contribution < -0.4 is 5.43 Å². The van der Waals surface area contributed by atoms with E-state index in [1.165, 1.54) is 11.3 Å². The minimum absolute atomic E-state index is 0.770. The third kappa shape index (κ3) is 1.65. The highest BCUT2D eigenvalue weighted by molar-refractivity contribution is 7.21. The lowest BCUT2D eigenvalue weighted by Gasteiger charge is -1.87. The molecule has 0 saturated carbocycles. The maximum absolute atomic E-state index is 4.28. The number of nitrogens with one attached hydrogen (secondary N) is 1. The third-order valence-corrected chi connectivity index (χ3v) is 2.34. The molecule has 2 heterocycles. The number of thiazole rings is 1. The summed E-state index contributed by atoms with van der Waals surface area (Å²) in [7, 11) is 0. The van der Waals surface area contributed by atoms with Crippen molar-refractivity contribution >= 4 is 33.0 Å². The van der Waals surface area contributed by atoms with Gasteiger partial charge in [0.1, 0.15) is 10.3 Å². The monoisotopic (exact) mass is 192 g/mol. The summed E-state index contributed by atoms with van der Waals surface area (Å²) < 4.78 is 0. The lowest BCUT2D eigenvalue weighted by molar-refractivity contribution is 1.30. The van der Waals surface area contributed by atoms with E-state index < -0.39 is 0 Å². The first-order valence-electron chi connectivity index (χ1n) is 3.85. The molecule has 0 atom stereocenters. The molecule has 2 aromatic rings. The summed E-state index contributed by atoms with van der Waals surface area (Å²) in [6, 6.07) is 3.80. The Kier molecular flexibility index (Phi) is 2.18. The molecule has 0 bridgehead atoms. The summed E-state index contributed by atoms with van der Waals surface area (Å²) in [4.78, 5) is 9.38. The predicted octanol–water partition coefficient (Wildman–Crippen LogP) is 2.11. The smallest absolute Gasteiger partial charge is 0.205 e. The maximum Gasteiger partial charge on any atom is 0.205 e. The van der Waals surface area contributed by atoms with Gasteiger partial charge in [0, 0.05) is 12.4 Å². The topological polar surface area (TPSA) is 50.2 Å². The zero-order chi connectivity index (χ0) is 9.10. The van der Waals surface area contributed by atoms with Crippen molar-refractivity contribution in [3.8, 4) is 0 Å². The lowest BCUT2D eigenvalue weighted by atomic mass is 10.5. The average Bonchev–Trinajstić information content (AvgIpc) is 2.57. The summed E-state index contributed by atoms with van der Waals surface area (Å²) in [5, 5.41) is 4.65. The van der Waals surface area contributed by atoms with Crippen LogP contribution in [0.3, 0.4) is 0 Å². The Hall–Kier alpha value is -1.49. The molecule has 0 amide bonds. The number of fused-ring (bicyclic) bond motifs is 1. The first-order chi connectivity index (χ1) is 6.40. The van der Waals surface area contributed by atoms with E-state index in [0.717, 1.165) is 15.5 Å². The second kappa shape index (κ2) is 3.49. The van der Waals surface area contributed by atoms with E-state index in [0.29, 0.717) is 0 Å². The zero-order valence-corrected chi connectivity index (χ0v) is 7.88. The molecule has 0 saturated heterocycles. The van der Waals surface area contributed by atoms with E-state index in [-0.39, 0.29) is 0 Å². The molecule has 2 aromatic heterocycles. The van der Waals surface area contributed by atoms with E-state index in [1.807, 2.05) is 19.1 Å². The molecule has 0 aliphatic carbocycles. The summed E-state index contributed by atoms with van der Waals surface area (Å²) in [5.41, 5.74) is 3.72. The maximum atomic E-state index is 4.28. The van der Waals surface area contributed by atoms with Gasteiger partial charge in [-0.25, -0.2) is 9.97 Å². The van der Waals surface area contributed by atoms with Crippen LogP contribution in [0.25, 0.3) is 10.3 Å². The fourth-order valence-corrected chi connectivity index (χ4v) is 1.69. The van der Waals surface area contributed by atoms with Crippen molar-refractivity contribution in [1.82, 2.24) is 9.97 Å². The number of anilines is 1. The van der Waals surface area contributed by atoms with Crippen molar-refractivity contribution in [2.24, 2.45) is 5.10 Å². The van der Waals surface area contributed by atoms with Crippen LogP contribution in [0.5, 0.6) is 0 Å². The van der Waals surface area contributed by atoms with Gasteiger partial charge in [-0.1, -0.05) is 11.3 Å². The van der Waals surface area contributed by atoms with Crippen molar-refractivity contribution < 1.29 is 0 Å². The molecule has 5 heteroatoms. The van der Waals surface area contributed by atoms with Crippen LogP contribution in [0.2, 0.25) is 0 Å². The molecule has 0 aliphatic rings. The van der Waals surface area contributed by atoms with Crippen LogP contribution in [0, 0.1) is 0 Å². The number of hydrogen-bond acceptors (Lipinski definition) is 5. The number of nitrogens with zero attached hydrogens (tertiary/aromatic N) is 3. The van der Waals surface area contributed by atoms with Crippen molar-refractivity contribution in [3.05, 3.63) is 18.3 Å². The fourth-order valence-electron chi connectivity index (χ4n) is 0.937. The van der Waals surface area contributed by atoms with E-state index in [1.54, 1.807) is 12.4 Å². The Morgan fingerprint density at radius 3 is 3.31 bits per heavy atom. The highest BCUT2D eigenvalue weighted by Crippen LogP contribution is 2.22. The lowest BCUT2D eigenvalue weighted by Crippen LogP contribution is -1.85. The number of pyridine rings is 1. The third-order valence-electron chi connectivity index (χ3n) is 1.46. The molecule has 0 spiro atoms. The van der Waals surface area contributed by atoms with Crippen LogP contribution in [0.4, 0.5) is 5.13 Å². The van der Waals surface area contributed by atoms with Crippen LogP contribution in [-0.2, 0) is 0 Å². The summed E-state index contributed by atoms with van der Waals surface area (Å²) in [5.74, 6) is 0. The summed E-state index contributed by atoms with van der Waals surface area (Å²) in [6.07, 6.45) is 3.44. The molecule has 4 nitrogen and oxygen atoms in total. The van der Waals surface area contributed by atoms with Crippen LogP contribution >= 0.6 is 11.3 Å². The molecular weight excluding hydrogens is 184 g/mol. The molecule has 0 aliphatic heterocycles. The van der Waals surface area contributed by atoms with Gasteiger partial charge in [-0.05, 0) is 19.1 Å². The summed E-state index contributed by atoms with van der Waals surface area (Å²) in [6.45, 7) is 1.85. The van der Waals surface area contributed by atoms with Crippen molar-refractivity contribution in [2.45, 2.75) is 6.92 Å². The first-order valence-corrected chi connectivity index (χ1v) is 4.67. The van der Waals surface area contributed by atoms with Gasteiger partial charge in [-0.15, -0.1) is 0 Å². The van der Waals surface area contributed by atoms with Crippen molar-refractivity contribution in [2.75, 3.05) is 5.43 Å². The number of hydrazone groups is 1. The van der Waals surface area contributed by atoms with Gasteiger partial charge in [-0.2, -0.15) is 5.10 Å². The number of aromatic nitrogens is 2. The second-order valence-corrected chi connectivity index (χ2v) is 3.32. The largest absolute Gasteiger partial charge is 0.253 e. The highest BCUT2D eigenvalue weighted by Gasteiger charge is 2.01. The van der Waals surface area contributed by atoms with Crippen LogP contribution in [-0.4, -0.2) is 16.2 Å². The van der Waals surface area contributed by atoms with Gasteiger partial charge in [-0.3, -0.25) is 5.43 Å². The Labute approximate surface area is 79.3 Å². The van der Waals surface area contributed by atoms with Gasteiger partial charge in [0.2, 0.25) is 5.13 Å². The van der Waals surface area contributed by atoms with E-state index in [9.17, 15) is 0 Å². The van der Waals surface area contributed by atoms with Crippen LogP contribution in [0.15, 0.2) is 23.4 Å². The van der Waals surface area contributed by atoms with Crippen LogP contribution in [0.1, 0.15) is 6.92 Å². The van der Waals surface area contributed by atoms with Gasteiger partial charge < -0.3 is 0 Å². The normalized spacial score (nSPS) is 11.2. The first kappa shape index (κ1) is 8.12. The molecule has 0 radical (unpaired) electrons. The predicted molar refractivity (Wildman–Crippen MR) is 55.2 cm³/mol. The van der Waals surface area contributed by atoms with E-state index >= 15 is 0 Å². The Bertz CT molecular complexity index is 401. The fraction of sp³-hybridized carbons (Fsp3) is 0.125. The quantitative estimate of drug-likeness (QED) is 0.585. The molecule has 66 valence electrons. The van der Waals surface area contributed by atoms with E-state index in [4.69, 9.17) is 0 Å². The Morgan fingerprint density at radius 2 is 2.54 bits per heavy atom. The Morgan fingerprint density at radius 1 is 1.62 bits per heavy atom. The highest BCUT2D eigenvalue weighted by atomic mass is 32.1. The molecular formula is C8H8N4S. The zero-order valence-electron chi connectivity index (χ0n) is 7.06. The average molecular weight is 192 g/mol. The Balaban J connectivity index is 2.38. The molecule has 1 N–H and O–H groups in total. The number of rotatable bonds is 2. The SMILES string of the molecule is CC=NNc1nc2cccnc2s1.